The predicted molar refractivity (Wildman–Crippen MR) is 52.2 cm³/mol. The van der Waals surface area contributed by atoms with Crippen LogP contribution >= 0.6 is 15.9 Å². The van der Waals surface area contributed by atoms with Crippen molar-refractivity contribution in [2.75, 3.05) is 0 Å². The minimum Gasteiger partial charge on any atom is -0.434 e. The molecule has 0 aromatic heterocycles. The second-order valence-corrected chi connectivity index (χ2v) is 3.56. The lowest BCUT2D eigenvalue weighted by Gasteiger charge is -2.07. The van der Waals surface area contributed by atoms with Crippen LogP contribution in [0.2, 0.25) is 0 Å². The van der Waals surface area contributed by atoms with E-state index in [1.165, 1.54) is 13.0 Å². The van der Waals surface area contributed by atoms with E-state index in [9.17, 15) is 18.9 Å². The van der Waals surface area contributed by atoms with Crippen molar-refractivity contribution in [3.8, 4) is 5.75 Å². The van der Waals surface area contributed by atoms with Crippen molar-refractivity contribution in [1.82, 2.24) is 0 Å². The Hall–Kier alpha value is -1.24. The smallest absolute Gasteiger partial charge is 0.387 e. The standard InChI is InChI=1S/C8H6BrF2NO3/c1-4-2-7(15-8(10)11)5(9)3-6(4)12(13)14/h2-3,8H,1H3. The van der Waals surface area contributed by atoms with E-state index in [-0.39, 0.29) is 21.5 Å². The molecule has 82 valence electrons. The number of ether oxygens (including phenoxy) is 1. The SMILES string of the molecule is Cc1cc(OC(F)F)c(Br)cc1[N+](=O)[O-]. The molecule has 0 fully saturated rings. The summed E-state index contributed by atoms with van der Waals surface area (Å²) in [4.78, 5) is 9.91. The summed E-state index contributed by atoms with van der Waals surface area (Å²) < 4.78 is 28.1. The van der Waals surface area contributed by atoms with Crippen molar-refractivity contribution >= 4 is 21.6 Å². The van der Waals surface area contributed by atoms with Crippen LogP contribution in [-0.2, 0) is 0 Å². The molecule has 0 aliphatic carbocycles. The number of hydrogen-bond donors (Lipinski definition) is 0. The van der Waals surface area contributed by atoms with Gasteiger partial charge in [-0.3, -0.25) is 10.1 Å². The summed E-state index contributed by atoms with van der Waals surface area (Å²) in [5, 5.41) is 10.5. The van der Waals surface area contributed by atoms with Crippen LogP contribution in [0.5, 0.6) is 5.75 Å². The number of nitrogens with zero attached hydrogens (tertiary/aromatic N) is 1. The number of alkyl halides is 2. The average molecular weight is 282 g/mol. The Labute approximate surface area is 92.1 Å². The molecule has 1 aromatic carbocycles. The van der Waals surface area contributed by atoms with E-state index in [1.807, 2.05) is 0 Å². The molecule has 1 rings (SSSR count). The Morgan fingerprint density at radius 2 is 2.13 bits per heavy atom. The van der Waals surface area contributed by atoms with E-state index in [0.29, 0.717) is 0 Å². The maximum Gasteiger partial charge on any atom is 0.387 e. The lowest BCUT2D eigenvalue weighted by Crippen LogP contribution is -2.03. The van der Waals surface area contributed by atoms with E-state index >= 15 is 0 Å². The summed E-state index contributed by atoms with van der Waals surface area (Å²) in [6.07, 6.45) is 0. The van der Waals surface area contributed by atoms with Gasteiger partial charge in [0, 0.05) is 11.6 Å². The lowest BCUT2D eigenvalue weighted by molar-refractivity contribution is -0.385. The van der Waals surface area contributed by atoms with Gasteiger partial charge in [0.1, 0.15) is 5.75 Å². The molecule has 0 amide bonds. The van der Waals surface area contributed by atoms with E-state index in [1.54, 1.807) is 0 Å². The molecule has 15 heavy (non-hydrogen) atoms. The predicted octanol–water partition coefficient (Wildman–Crippen LogP) is 3.27. The van der Waals surface area contributed by atoms with Crippen LogP contribution < -0.4 is 4.74 Å². The number of nitro benzene ring substituents is 1. The summed E-state index contributed by atoms with van der Waals surface area (Å²) in [7, 11) is 0. The van der Waals surface area contributed by atoms with E-state index < -0.39 is 11.5 Å². The van der Waals surface area contributed by atoms with Crippen LogP contribution in [0.15, 0.2) is 16.6 Å². The molecule has 0 heterocycles. The molecule has 4 nitrogen and oxygen atoms in total. The van der Waals surface area contributed by atoms with Gasteiger partial charge in [-0.15, -0.1) is 0 Å². The van der Waals surface area contributed by atoms with Crippen LogP contribution in [-0.4, -0.2) is 11.5 Å². The van der Waals surface area contributed by atoms with E-state index in [0.717, 1.165) is 6.07 Å². The second kappa shape index (κ2) is 4.52. The Bertz CT molecular complexity index is 398. The molecule has 0 saturated carbocycles. The van der Waals surface area contributed by atoms with Crippen molar-refractivity contribution in [2.45, 2.75) is 13.5 Å². The summed E-state index contributed by atoms with van der Waals surface area (Å²) in [6.45, 7) is -1.51. The van der Waals surface area contributed by atoms with Gasteiger partial charge in [0.05, 0.1) is 9.40 Å². The first kappa shape index (κ1) is 11.8. The van der Waals surface area contributed by atoms with Gasteiger partial charge in [-0.2, -0.15) is 8.78 Å². The number of nitro groups is 1. The van der Waals surface area contributed by atoms with Crippen molar-refractivity contribution in [3.05, 3.63) is 32.3 Å². The van der Waals surface area contributed by atoms with Crippen LogP contribution in [0.25, 0.3) is 0 Å². The van der Waals surface area contributed by atoms with Crippen LogP contribution in [0, 0.1) is 17.0 Å². The molecule has 0 aliphatic rings. The zero-order chi connectivity index (χ0) is 11.6. The molecule has 7 heteroatoms. The second-order valence-electron chi connectivity index (χ2n) is 2.70. The highest BCUT2D eigenvalue weighted by atomic mass is 79.9. The molecule has 0 N–H and O–H groups in total. The third-order valence-corrected chi connectivity index (χ3v) is 2.28. The van der Waals surface area contributed by atoms with Crippen molar-refractivity contribution in [1.29, 1.82) is 0 Å². The summed E-state index contributed by atoms with van der Waals surface area (Å²) in [5.74, 6) is -0.117. The topological polar surface area (TPSA) is 52.4 Å². The molecule has 0 spiro atoms. The highest BCUT2D eigenvalue weighted by molar-refractivity contribution is 9.10. The van der Waals surface area contributed by atoms with Gasteiger partial charge >= 0.3 is 6.61 Å². The third-order valence-electron chi connectivity index (χ3n) is 1.66. The minimum absolute atomic E-state index is 0.117. The zero-order valence-corrected chi connectivity index (χ0v) is 9.12. The lowest BCUT2D eigenvalue weighted by atomic mass is 10.2. The number of halogens is 3. The Balaban J connectivity index is 3.13. The van der Waals surface area contributed by atoms with Crippen LogP contribution in [0.1, 0.15) is 5.56 Å². The zero-order valence-electron chi connectivity index (χ0n) is 7.54. The fraction of sp³-hybridized carbons (Fsp3) is 0.250. The van der Waals surface area contributed by atoms with Crippen molar-refractivity contribution in [2.24, 2.45) is 0 Å². The summed E-state index contributed by atoms with van der Waals surface area (Å²) in [6, 6.07) is 2.32. The average Bonchev–Trinajstić information content (AvgIpc) is 2.09. The Morgan fingerprint density at radius 1 is 1.53 bits per heavy atom. The van der Waals surface area contributed by atoms with Gasteiger partial charge in [0.15, 0.2) is 0 Å². The first-order valence-corrected chi connectivity index (χ1v) is 4.60. The highest BCUT2D eigenvalue weighted by Crippen LogP contribution is 2.33. The van der Waals surface area contributed by atoms with E-state index in [2.05, 4.69) is 20.7 Å². The van der Waals surface area contributed by atoms with Gasteiger partial charge in [-0.25, -0.2) is 0 Å². The molecule has 0 radical (unpaired) electrons. The molecule has 0 atom stereocenters. The molecular formula is C8H6BrF2NO3. The quantitative estimate of drug-likeness (QED) is 0.631. The normalized spacial score (nSPS) is 10.5. The summed E-state index contributed by atoms with van der Waals surface area (Å²) in [5.41, 5.74) is 0.113. The van der Waals surface area contributed by atoms with Gasteiger partial charge in [0.25, 0.3) is 5.69 Å². The molecule has 0 saturated heterocycles. The Kier molecular flexibility index (Phi) is 3.57. The summed E-state index contributed by atoms with van der Waals surface area (Å²) >= 11 is 2.92. The van der Waals surface area contributed by atoms with Crippen LogP contribution in [0.3, 0.4) is 0 Å². The number of benzene rings is 1. The number of aryl methyl sites for hydroxylation is 1. The van der Waals surface area contributed by atoms with Crippen molar-refractivity contribution in [3.63, 3.8) is 0 Å². The van der Waals surface area contributed by atoms with Crippen molar-refractivity contribution < 1.29 is 18.4 Å². The molecule has 1 aromatic rings. The fourth-order valence-corrected chi connectivity index (χ4v) is 1.45. The molecule has 0 aliphatic heterocycles. The van der Waals surface area contributed by atoms with E-state index in [4.69, 9.17) is 0 Å². The number of rotatable bonds is 3. The molecule has 0 bridgehead atoms. The van der Waals surface area contributed by atoms with Gasteiger partial charge < -0.3 is 4.74 Å². The first-order chi connectivity index (χ1) is 6.91. The highest BCUT2D eigenvalue weighted by Gasteiger charge is 2.16. The Morgan fingerprint density at radius 3 is 2.60 bits per heavy atom. The number of hydrogen-bond acceptors (Lipinski definition) is 3. The minimum atomic E-state index is -2.96. The largest absolute Gasteiger partial charge is 0.434 e. The molecular weight excluding hydrogens is 276 g/mol. The fourth-order valence-electron chi connectivity index (χ4n) is 1.03. The maximum absolute atomic E-state index is 11.9. The molecule has 0 unspecified atom stereocenters. The van der Waals surface area contributed by atoms with Gasteiger partial charge in [-0.1, -0.05) is 0 Å². The first-order valence-electron chi connectivity index (χ1n) is 3.81. The maximum atomic E-state index is 11.9. The van der Waals surface area contributed by atoms with Gasteiger partial charge in [0.2, 0.25) is 0 Å². The third kappa shape index (κ3) is 2.85. The van der Waals surface area contributed by atoms with Gasteiger partial charge in [-0.05, 0) is 28.9 Å². The monoisotopic (exact) mass is 281 g/mol. The van der Waals surface area contributed by atoms with Crippen LogP contribution in [0.4, 0.5) is 14.5 Å².